The normalized spacial score (nSPS) is 21.0. The van der Waals surface area contributed by atoms with Crippen LogP contribution in [0.5, 0.6) is 11.5 Å². The van der Waals surface area contributed by atoms with Gasteiger partial charge in [-0.3, -0.25) is 91.1 Å². The molecule has 14 amide bonds. The molecule has 0 bridgehead atoms. The number of carbonyl (C=O) groups excluding carboxylic acids is 16. The SMILES string of the molecule is CCCCCCCCCC(=O)N[C@@H](Cc1ccc(OC)c(OC)c1)C(=O)N[C@H](CC(N)=O)C(=O)N[C@@H](CC(=O)O)C(=O)N[C@@H]1C(=O)NCC(=O)N[C@@H](CCCN)C(=O)N[C@@H](CC(=O)O)C(=O)N[C@H](C)C(=O)N[C@@H](CC(=O)O)C(=O)NCC(=O)N[C@H](CO)C(=O)N[C@@H]([C@H](C)CC(=O)O)C(=O)N[C@@H](CC(=O)c2ccccc2N)C(=O)O[C@@H]1C. The van der Waals surface area contributed by atoms with E-state index in [4.69, 9.17) is 31.4 Å². The third-order valence-electron chi connectivity index (χ3n) is 17.7. The number of carboxylic acids is 4. The van der Waals surface area contributed by atoms with Crippen LogP contribution in [0.25, 0.3) is 0 Å². The number of aliphatic carboxylic acids is 4. The zero-order valence-electron chi connectivity index (χ0n) is 64.8. The highest BCUT2D eigenvalue weighted by Gasteiger charge is 2.41. The van der Waals surface area contributed by atoms with Gasteiger partial charge in [-0.2, -0.15) is 0 Å². The fourth-order valence-corrected chi connectivity index (χ4v) is 11.5. The third-order valence-corrected chi connectivity index (χ3v) is 17.7. The number of esters is 1. The van der Waals surface area contributed by atoms with Crippen molar-refractivity contribution >= 4 is 124 Å². The minimum Gasteiger partial charge on any atom is -0.493 e. The van der Waals surface area contributed by atoms with Crippen molar-refractivity contribution in [1.29, 1.82) is 0 Å². The Bertz CT molecular complexity index is 3880. The number of carboxylic acid groups (broad SMARTS) is 4. The molecule has 13 atom stereocenters. The lowest BCUT2D eigenvalue weighted by Gasteiger charge is -2.30. The van der Waals surface area contributed by atoms with Gasteiger partial charge in [0.2, 0.25) is 82.7 Å². The molecule has 3 rings (SSSR count). The standard InChI is InChI=1S/C72H104N16O28/c1-7-8-9-10-11-12-13-20-53(92)80-42(25-38-21-22-50(114-5)51(26-38)115-6)66(107)83-43(28-52(75)91)67(108)85-46(31-59(101)102)68(109)88-61-37(4)116-72(113)47(27-49(90)39-17-14-15-18-40(39)74)86-71(112)60(35(2)24-56(95)96)87-69(110)48(34-89)81-55(94)32-76-63(104)44(29-57(97)98)82-62(103)36(3)78-65(106)45(30-58(99)100)84-64(105)41(19-16-23-73)79-54(93)33-77-70(61)111/h14-15,17-18,21-22,26,35-37,41-48,60-61,89H,7-13,16,19-20,23-25,27-34,73-74H2,1-6H3,(H2,75,91)(H,76,104)(H,77,111)(H,78,106)(H,79,93)(H,80,92)(H,81,94)(H,82,103)(H,83,107)(H,84,105)(H,85,108)(H,86,112)(H,87,110)(H,88,109)(H,95,96)(H,97,98)(H,99,100)(H,101,102)/t35-,36-,37-,41+,42+,43-,44+,45+,46+,47+,48-,60+,61+/m1/s1. The number of nitrogens with one attached hydrogen (secondary N) is 13. The van der Waals surface area contributed by atoms with Gasteiger partial charge in [-0.1, -0.05) is 70.6 Å². The molecule has 1 saturated heterocycles. The highest BCUT2D eigenvalue weighted by molar-refractivity contribution is 6.05. The Hall–Kier alpha value is -12.6. The number of methoxy groups -OCH3 is 2. The van der Waals surface area contributed by atoms with Gasteiger partial charge in [-0.05, 0) is 75.4 Å². The molecule has 44 nitrogen and oxygen atoms in total. The number of nitrogen functional groups attached to an aromatic ring is 1. The van der Waals surface area contributed by atoms with Crippen LogP contribution >= 0.6 is 0 Å². The Labute approximate surface area is 664 Å². The largest absolute Gasteiger partial charge is 0.493 e. The number of primary amides is 1. The molecule has 24 N–H and O–H groups in total. The second kappa shape index (κ2) is 49.8. The number of aliphatic hydroxyl groups is 1. The topological polar surface area (TPSA) is 705 Å². The third kappa shape index (κ3) is 34.4. The van der Waals surface area contributed by atoms with Crippen LogP contribution in [0.4, 0.5) is 5.69 Å². The fraction of sp³-hybridized carbons (Fsp3) is 0.556. The summed E-state index contributed by atoms with van der Waals surface area (Å²) < 4.78 is 16.4. The number of rotatable bonds is 37. The maximum Gasteiger partial charge on any atom is 0.329 e. The molecule has 0 radical (unpaired) electrons. The molecule has 1 aliphatic heterocycles. The minimum absolute atomic E-state index is 0.0483. The second-order valence-electron chi connectivity index (χ2n) is 27.1. The lowest BCUT2D eigenvalue weighted by Crippen LogP contribution is -2.62. The number of aliphatic hydroxyl groups excluding tert-OH is 1. The maximum absolute atomic E-state index is 14.8. The number of cyclic esters (lactones) is 1. The van der Waals surface area contributed by atoms with Crippen LogP contribution in [0.15, 0.2) is 42.5 Å². The zero-order valence-corrected chi connectivity index (χ0v) is 64.8. The van der Waals surface area contributed by atoms with E-state index in [2.05, 4.69) is 60.1 Å². The van der Waals surface area contributed by atoms with Gasteiger partial charge >= 0.3 is 29.8 Å². The molecule has 116 heavy (non-hydrogen) atoms. The van der Waals surface area contributed by atoms with Gasteiger partial charge < -0.3 is 126 Å². The van der Waals surface area contributed by atoms with Crippen molar-refractivity contribution < 1.29 is 136 Å². The molecule has 2 aromatic carbocycles. The Kier molecular flexibility index (Phi) is 41.9. The van der Waals surface area contributed by atoms with Gasteiger partial charge in [0.05, 0.1) is 66.0 Å². The van der Waals surface area contributed by atoms with Gasteiger partial charge in [0, 0.05) is 30.5 Å². The quantitative estimate of drug-likeness (QED) is 0.0130. The zero-order chi connectivity index (χ0) is 87.1. The van der Waals surface area contributed by atoms with E-state index in [1.807, 2.05) is 16.0 Å². The molecule has 1 fully saturated rings. The summed E-state index contributed by atoms with van der Waals surface area (Å²) in [6.45, 7) is 1.07. The number of unbranched alkanes of at least 4 members (excludes halogenated alkanes) is 6. The van der Waals surface area contributed by atoms with E-state index in [1.54, 1.807) is 0 Å². The van der Waals surface area contributed by atoms with Gasteiger partial charge in [0.15, 0.2) is 17.3 Å². The molecule has 640 valence electrons. The van der Waals surface area contributed by atoms with E-state index in [1.165, 1.54) is 56.7 Å². The number of para-hydroxylation sites is 1. The maximum atomic E-state index is 14.8. The van der Waals surface area contributed by atoms with Crippen LogP contribution in [0, 0.1) is 5.92 Å². The minimum atomic E-state index is -2.46. The van der Waals surface area contributed by atoms with Crippen LogP contribution in [0.2, 0.25) is 0 Å². The van der Waals surface area contributed by atoms with Crippen molar-refractivity contribution in [3.05, 3.63) is 53.6 Å². The van der Waals surface area contributed by atoms with Crippen LogP contribution < -0.4 is 95.8 Å². The smallest absolute Gasteiger partial charge is 0.329 e. The molecule has 0 aromatic heterocycles. The average molecular weight is 1640 g/mol. The van der Waals surface area contributed by atoms with E-state index in [9.17, 15) is 121 Å². The first-order valence-corrected chi connectivity index (χ1v) is 36.9. The Morgan fingerprint density at radius 2 is 1.09 bits per heavy atom. The van der Waals surface area contributed by atoms with Crippen molar-refractivity contribution in [2.24, 2.45) is 17.4 Å². The van der Waals surface area contributed by atoms with Crippen molar-refractivity contribution in [3.8, 4) is 11.5 Å². The molecule has 1 heterocycles. The molecule has 2 aromatic rings. The number of ether oxygens (including phenoxy) is 3. The van der Waals surface area contributed by atoms with Crippen molar-refractivity contribution in [2.75, 3.05) is 46.2 Å². The number of carbonyl (C=O) groups is 20. The number of nitrogens with two attached hydrogens (primary N) is 3. The van der Waals surface area contributed by atoms with Gasteiger partial charge in [0.1, 0.15) is 72.6 Å². The molecule has 1 aliphatic rings. The van der Waals surface area contributed by atoms with Gasteiger partial charge in [0.25, 0.3) is 0 Å². The Morgan fingerprint density at radius 1 is 0.552 bits per heavy atom. The van der Waals surface area contributed by atoms with Crippen LogP contribution in [0.3, 0.4) is 0 Å². The van der Waals surface area contributed by atoms with Gasteiger partial charge in [-0.15, -0.1) is 0 Å². The van der Waals surface area contributed by atoms with Crippen LogP contribution in [0.1, 0.15) is 146 Å². The number of amides is 14. The van der Waals surface area contributed by atoms with E-state index in [0.717, 1.165) is 52.9 Å². The number of benzene rings is 2. The Morgan fingerprint density at radius 3 is 1.66 bits per heavy atom. The molecule has 0 spiro atoms. The van der Waals surface area contributed by atoms with Gasteiger partial charge in [-0.25, -0.2) is 4.79 Å². The lowest BCUT2D eigenvalue weighted by molar-refractivity contribution is -0.156. The summed E-state index contributed by atoms with van der Waals surface area (Å²) in [6.07, 6.45) is -4.22. The fourth-order valence-electron chi connectivity index (χ4n) is 11.5. The van der Waals surface area contributed by atoms with E-state index < -0.39 is 261 Å². The summed E-state index contributed by atoms with van der Waals surface area (Å²) >= 11 is 0. The van der Waals surface area contributed by atoms with Crippen LogP contribution in [-0.2, 0) is 102 Å². The van der Waals surface area contributed by atoms with E-state index in [-0.39, 0.29) is 48.6 Å². The molecular weight excluding hydrogens is 1540 g/mol. The number of hydrogen-bond donors (Lipinski definition) is 21. The highest BCUT2D eigenvalue weighted by Crippen LogP contribution is 2.28. The number of ketones is 1. The lowest BCUT2D eigenvalue weighted by atomic mass is 9.96. The number of Topliss-reactive ketones (excluding diaryl/α,β-unsaturated/α-hetero) is 1. The van der Waals surface area contributed by atoms with Crippen molar-refractivity contribution in [2.45, 2.75) is 209 Å². The first-order chi connectivity index (χ1) is 54.7. The predicted molar refractivity (Wildman–Crippen MR) is 402 cm³/mol. The average Bonchev–Trinajstić information content (AvgIpc) is 0.846. The summed E-state index contributed by atoms with van der Waals surface area (Å²) in [4.78, 5) is 273. The van der Waals surface area contributed by atoms with E-state index >= 15 is 0 Å². The summed E-state index contributed by atoms with van der Waals surface area (Å²) in [6, 6.07) is -13.1. The Balaban J connectivity index is 2.31. The van der Waals surface area contributed by atoms with Crippen molar-refractivity contribution in [1.82, 2.24) is 69.1 Å². The summed E-state index contributed by atoms with van der Waals surface area (Å²) in [5.74, 6) is -29.5. The summed E-state index contributed by atoms with van der Waals surface area (Å²) in [5, 5.41) is 77.9. The molecule has 0 saturated carbocycles. The first kappa shape index (κ1) is 97.6. The molecule has 0 unspecified atom stereocenters. The molecular formula is C72H104N16O28. The number of anilines is 1. The predicted octanol–water partition coefficient (Wildman–Crippen LogP) is -6.09. The summed E-state index contributed by atoms with van der Waals surface area (Å²) in [5.41, 5.74) is 17.3. The van der Waals surface area contributed by atoms with Crippen molar-refractivity contribution in [3.63, 3.8) is 0 Å². The number of hydrogen-bond acceptors (Lipinski definition) is 26. The molecule has 0 aliphatic carbocycles. The molecule has 44 heteroatoms. The first-order valence-electron chi connectivity index (χ1n) is 36.9. The second-order valence-corrected chi connectivity index (χ2v) is 27.1. The van der Waals surface area contributed by atoms with E-state index in [0.29, 0.717) is 18.4 Å². The van der Waals surface area contributed by atoms with Crippen LogP contribution in [-0.4, -0.2) is 257 Å². The monoisotopic (exact) mass is 1640 g/mol. The highest BCUT2D eigenvalue weighted by atomic mass is 16.5. The summed E-state index contributed by atoms with van der Waals surface area (Å²) in [7, 11) is 2.70.